The van der Waals surface area contributed by atoms with Gasteiger partial charge >= 0.3 is 0 Å². The molecule has 178 valence electrons. The number of fused-ring (bicyclic) bond motifs is 1. The molecule has 0 amide bonds. The zero-order valence-corrected chi connectivity index (χ0v) is 20.6. The van der Waals surface area contributed by atoms with Crippen molar-refractivity contribution in [2.45, 2.75) is 45.2 Å². The number of benzene rings is 1. The van der Waals surface area contributed by atoms with E-state index in [2.05, 4.69) is 53.5 Å². The van der Waals surface area contributed by atoms with Crippen LogP contribution < -0.4 is 9.64 Å². The zero-order chi connectivity index (χ0) is 23.4. The highest BCUT2D eigenvalue weighted by Gasteiger charge is 2.25. The van der Waals surface area contributed by atoms with E-state index in [0.717, 1.165) is 56.1 Å². The van der Waals surface area contributed by atoms with Crippen molar-refractivity contribution in [3.63, 3.8) is 0 Å². The summed E-state index contributed by atoms with van der Waals surface area (Å²) in [5, 5.41) is 0. The van der Waals surface area contributed by atoms with Crippen LogP contribution in [0.5, 0.6) is 5.75 Å². The Morgan fingerprint density at radius 1 is 1.12 bits per heavy atom. The van der Waals surface area contributed by atoms with Crippen LogP contribution in [0.3, 0.4) is 0 Å². The van der Waals surface area contributed by atoms with Crippen molar-refractivity contribution in [2.24, 2.45) is 0 Å². The van der Waals surface area contributed by atoms with Crippen molar-refractivity contribution in [2.75, 3.05) is 52.4 Å². The SMILES string of the molecule is COCCN(C)c1nc(C2CCN(Cc3ccc(OC)cc3)CC2)cc2c1ncn2C(C)C. The smallest absolute Gasteiger partial charge is 0.156 e. The predicted molar refractivity (Wildman–Crippen MR) is 133 cm³/mol. The third-order valence-corrected chi connectivity index (χ3v) is 6.68. The Bertz CT molecular complexity index is 1040. The first-order chi connectivity index (χ1) is 16.0. The van der Waals surface area contributed by atoms with Gasteiger partial charge in [-0.1, -0.05) is 12.1 Å². The number of likely N-dealkylation sites (N-methyl/N-ethyl adjacent to an activating group) is 1. The third kappa shape index (κ3) is 5.31. The van der Waals surface area contributed by atoms with Crippen LogP contribution in [-0.2, 0) is 11.3 Å². The van der Waals surface area contributed by atoms with Crippen LogP contribution in [-0.4, -0.2) is 66.9 Å². The molecule has 0 aliphatic carbocycles. The summed E-state index contributed by atoms with van der Waals surface area (Å²) in [6.45, 7) is 8.99. The molecular formula is C26H37N5O2. The first-order valence-electron chi connectivity index (χ1n) is 11.9. The highest BCUT2D eigenvalue weighted by Crippen LogP contribution is 2.33. The van der Waals surface area contributed by atoms with Gasteiger partial charge in [0, 0.05) is 44.9 Å². The number of hydrogen-bond donors (Lipinski definition) is 0. The minimum atomic E-state index is 0.355. The van der Waals surface area contributed by atoms with Gasteiger partial charge in [-0.2, -0.15) is 0 Å². The molecule has 1 fully saturated rings. The molecule has 0 spiro atoms. The molecule has 33 heavy (non-hydrogen) atoms. The number of pyridine rings is 1. The highest BCUT2D eigenvalue weighted by atomic mass is 16.5. The average molecular weight is 452 g/mol. The van der Waals surface area contributed by atoms with E-state index in [-0.39, 0.29) is 0 Å². The largest absolute Gasteiger partial charge is 0.497 e. The molecule has 0 N–H and O–H groups in total. The van der Waals surface area contributed by atoms with E-state index in [1.165, 1.54) is 16.8 Å². The lowest BCUT2D eigenvalue weighted by atomic mass is 9.92. The van der Waals surface area contributed by atoms with Crippen molar-refractivity contribution in [3.8, 4) is 5.75 Å². The normalized spacial score (nSPS) is 15.5. The lowest BCUT2D eigenvalue weighted by Crippen LogP contribution is -2.33. The number of rotatable bonds is 9. The number of imidazole rings is 1. The van der Waals surface area contributed by atoms with Crippen molar-refractivity contribution >= 4 is 16.9 Å². The van der Waals surface area contributed by atoms with Gasteiger partial charge in [-0.25, -0.2) is 9.97 Å². The van der Waals surface area contributed by atoms with Gasteiger partial charge in [-0.15, -0.1) is 0 Å². The summed E-state index contributed by atoms with van der Waals surface area (Å²) in [7, 11) is 5.52. The fraction of sp³-hybridized carbons (Fsp3) is 0.538. The van der Waals surface area contributed by atoms with Gasteiger partial charge in [-0.05, 0) is 63.5 Å². The second-order valence-corrected chi connectivity index (χ2v) is 9.30. The fourth-order valence-electron chi connectivity index (χ4n) is 4.63. The number of ether oxygens (including phenoxy) is 2. The Morgan fingerprint density at radius 2 is 1.85 bits per heavy atom. The predicted octanol–water partition coefficient (Wildman–Crippen LogP) is 4.48. The molecular weight excluding hydrogens is 414 g/mol. The summed E-state index contributed by atoms with van der Waals surface area (Å²) in [5.74, 6) is 2.33. The Labute approximate surface area is 197 Å². The van der Waals surface area contributed by atoms with Crippen molar-refractivity contribution in [3.05, 3.63) is 47.9 Å². The summed E-state index contributed by atoms with van der Waals surface area (Å²) >= 11 is 0. The van der Waals surface area contributed by atoms with Gasteiger partial charge in [0.1, 0.15) is 11.3 Å². The maximum absolute atomic E-state index is 5.30. The number of hydrogen-bond acceptors (Lipinski definition) is 6. The first-order valence-corrected chi connectivity index (χ1v) is 11.9. The molecule has 2 aromatic heterocycles. The van der Waals surface area contributed by atoms with Gasteiger partial charge in [-0.3, -0.25) is 4.90 Å². The molecule has 1 aliphatic rings. The molecule has 0 saturated carbocycles. The van der Waals surface area contributed by atoms with E-state index in [4.69, 9.17) is 19.4 Å². The topological polar surface area (TPSA) is 55.6 Å². The fourth-order valence-corrected chi connectivity index (χ4v) is 4.63. The molecule has 0 unspecified atom stereocenters. The molecule has 3 heterocycles. The van der Waals surface area contributed by atoms with Gasteiger partial charge in [0.25, 0.3) is 0 Å². The van der Waals surface area contributed by atoms with E-state index in [9.17, 15) is 0 Å². The molecule has 0 atom stereocenters. The lowest BCUT2D eigenvalue weighted by Gasteiger charge is -2.32. The maximum Gasteiger partial charge on any atom is 0.156 e. The first kappa shape index (κ1) is 23.5. The maximum atomic E-state index is 5.30. The summed E-state index contributed by atoms with van der Waals surface area (Å²) < 4.78 is 12.8. The van der Waals surface area contributed by atoms with E-state index in [1.54, 1.807) is 14.2 Å². The standard InChI is InChI=1S/C26H37N5O2/c1-19(2)31-18-27-25-24(31)16-23(28-26(25)29(3)14-15-32-4)21-10-12-30(13-11-21)17-20-6-8-22(33-5)9-7-20/h6-9,16,18-19,21H,10-15,17H2,1-5H3. The molecule has 1 aliphatic heterocycles. The molecule has 1 saturated heterocycles. The Morgan fingerprint density at radius 3 is 2.48 bits per heavy atom. The quantitative estimate of drug-likeness (QED) is 0.478. The van der Waals surface area contributed by atoms with Crippen LogP contribution in [0.1, 0.15) is 49.9 Å². The molecule has 0 bridgehead atoms. The molecule has 0 radical (unpaired) electrons. The minimum absolute atomic E-state index is 0.355. The number of nitrogens with zero attached hydrogens (tertiary/aromatic N) is 5. The Kier molecular flexibility index (Phi) is 7.50. The number of methoxy groups -OCH3 is 2. The van der Waals surface area contributed by atoms with Crippen LogP contribution in [0.4, 0.5) is 5.82 Å². The second kappa shape index (κ2) is 10.5. The summed E-state index contributed by atoms with van der Waals surface area (Å²) in [4.78, 5) is 14.6. The van der Waals surface area contributed by atoms with E-state index in [0.29, 0.717) is 18.6 Å². The van der Waals surface area contributed by atoms with Crippen LogP contribution >= 0.6 is 0 Å². The van der Waals surface area contributed by atoms with Gasteiger partial charge in [0.15, 0.2) is 5.82 Å². The van der Waals surface area contributed by atoms with Crippen molar-refractivity contribution in [1.82, 2.24) is 19.4 Å². The van der Waals surface area contributed by atoms with Gasteiger partial charge in [0.2, 0.25) is 0 Å². The van der Waals surface area contributed by atoms with Crippen LogP contribution in [0.15, 0.2) is 36.7 Å². The zero-order valence-electron chi connectivity index (χ0n) is 20.6. The molecule has 4 rings (SSSR count). The molecule has 1 aromatic carbocycles. The second-order valence-electron chi connectivity index (χ2n) is 9.30. The average Bonchev–Trinajstić information content (AvgIpc) is 3.27. The summed E-state index contributed by atoms with van der Waals surface area (Å²) in [6, 6.07) is 11.0. The molecule has 3 aromatic rings. The van der Waals surface area contributed by atoms with E-state index < -0.39 is 0 Å². The Balaban J connectivity index is 1.52. The van der Waals surface area contributed by atoms with Crippen LogP contribution in [0.25, 0.3) is 11.0 Å². The van der Waals surface area contributed by atoms with Crippen molar-refractivity contribution in [1.29, 1.82) is 0 Å². The number of piperidine rings is 1. The number of anilines is 1. The minimum Gasteiger partial charge on any atom is -0.497 e. The lowest BCUT2D eigenvalue weighted by molar-refractivity contribution is 0.203. The van der Waals surface area contributed by atoms with E-state index >= 15 is 0 Å². The van der Waals surface area contributed by atoms with Crippen molar-refractivity contribution < 1.29 is 9.47 Å². The molecule has 7 nitrogen and oxygen atoms in total. The monoisotopic (exact) mass is 451 g/mol. The van der Waals surface area contributed by atoms with Crippen LogP contribution in [0, 0.1) is 0 Å². The summed E-state index contributed by atoms with van der Waals surface area (Å²) in [5.41, 5.74) is 4.67. The number of likely N-dealkylation sites (tertiary alicyclic amines) is 1. The Hall–Kier alpha value is -2.64. The van der Waals surface area contributed by atoms with E-state index in [1.807, 2.05) is 18.5 Å². The third-order valence-electron chi connectivity index (χ3n) is 6.68. The van der Waals surface area contributed by atoms with Gasteiger partial charge < -0.3 is 18.9 Å². The van der Waals surface area contributed by atoms with Crippen LogP contribution in [0.2, 0.25) is 0 Å². The number of aromatic nitrogens is 3. The highest BCUT2D eigenvalue weighted by molar-refractivity contribution is 5.87. The summed E-state index contributed by atoms with van der Waals surface area (Å²) in [6.07, 6.45) is 4.18. The molecule has 7 heteroatoms. The van der Waals surface area contributed by atoms with Gasteiger partial charge in [0.05, 0.1) is 25.6 Å².